The van der Waals surface area contributed by atoms with Gasteiger partial charge in [-0.15, -0.1) is 0 Å². The fourth-order valence-electron chi connectivity index (χ4n) is 1.50. The molecule has 0 aliphatic rings. The Balaban J connectivity index is 3.02. The number of rotatable bonds is 4. The van der Waals surface area contributed by atoms with Gasteiger partial charge in [0.25, 0.3) is 5.56 Å². The normalized spacial score (nSPS) is 10.5. The first-order valence-electron chi connectivity index (χ1n) is 5.10. The summed E-state index contributed by atoms with van der Waals surface area (Å²) in [6.07, 6.45) is 0. The van der Waals surface area contributed by atoms with E-state index >= 15 is 0 Å². The lowest BCUT2D eigenvalue weighted by Gasteiger charge is -2.09. The van der Waals surface area contributed by atoms with Crippen LogP contribution in [0.3, 0.4) is 0 Å². The molecule has 0 aromatic carbocycles. The molecule has 1 N–H and O–H groups in total. The molecule has 0 radical (unpaired) electrons. The summed E-state index contributed by atoms with van der Waals surface area (Å²) in [5.41, 5.74) is 2.01. The molecule has 1 rings (SSSR count). The zero-order chi connectivity index (χ0) is 10.6. The van der Waals surface area contributed by atoms with E-state index in [1.165, 1.54) is 0 Å². The Labute approximate surface area is 84.8 Å². The minimum atomic E-state index is 0.133. The third kappa shape index (κ3) is 2.23. The number of aryl methyl sites for hydroxylation is 1. The van der Waals surface area contributed by atoms with Crippen LogP contribution in [0.15, 0.2) is 16.9 Å². The lowest BCUT2D eigenvalue weighted by molar-refractivity contribution is 0.663. The first-order valence-corrected chi connectivity index (χ1v) is 5.10. The summed E-state index contributed by atoms with van der Waals surface area (Å²) < 4.78 is 1.80. The molecule has 3 heteroatoms. The quantitative estimate of drug-likeness (QED) is 0.783. The second-order valence-electron chi connectivity index (χ2n) is 3.33. The Morgan fingerprint density at radius 2 is 2.07 bits per heavy atom. The summed E-state index contributed by atoms with van der Waals surface area (Å²) in [5.74, 6) is 0. The van der Waals surface area contributed by atoms with E-state index in [-0.39, 0.29) is 5.56 Å². The largest absolute Gasteiger partial charge is 0.313 e. The zero-order valence-corrected chi connectivity index (χ0v) is 9.13. The van der Waals surface area contributed by atoms with E-state index < -0.39 is 0 Å². The van der Waals surface area contributed by atoms with Crippen LogP contribution in [0, 0.1) is 6.92 Å². The molecular formula is C11H18N2O. The maximum absolute atomic E-state index is 11.8. The second kappa shape index (κ2) is 4.96. The van der Waals surface area contributed by atoms with E-state index in [2.05, 4.69) is 5.32 Å². The molecule has 14 heavy (non-hydrogen) atoms. The molecule has 0 atom stereocenters. The highest BCUT2D eigenvalue weighted by atomic mass is 16.1. The number of nitrogens with one attached hydrogen (secondary N) is 1. The summed E-state index contributed by atoms with van der Waals surface area (Å²) in [5, 5.41) is 3.16. The SMILES string of the molecule is CCNCc1ccc(C)n(CC)c1=O. The van der Waals surface area contributed by atoms with Crippen LogP contribution in [-0.2, 0) is 13.1 Å². The topological polar surface area (TPSA) is 34.0 Å². The van der Waals surface area contributed by atoms with E-state index in [0.717, 1.165) is 24.3 Å². The van der Waals surface area contributed by atoms with Crippen molar-refractivity contribution in [1.29, 1.82) is 0 Å². The molecule has 1 aromatic rings. The van der Waals surface area contributed by atoms with Crippen molar-refractivity contribution in [2.45, 2.75) is 33.9 Å². The summed E-state index contributed by atoms with van der Waals surface area (Å²) in [6.45, 7) is 8.28. The van der Waals surface area contributed by atoms with Crippen LogP contribution >= 0.6 is 0 Å². The molecule has 0 fully saturated rings. The van der Waals surface area contributed by atoms with Gasteiger partial charge in [-0.3, -0.25) is 4.79 Å². The van der Waals surface area contributed by atoms with Crippen molar-refractivity contribution >= 4 is 0 Å². The van der Waals surface area contributed by atoms with Crippen molar-refractivity contribution < 1.29 is 0 Å². The highest BCUT2D eigenvalue weighted by Gasteiger charge is 2.03. The van der Waals surface area contributed by atoms with E-state index in [4.69, 9.17) is 0 Å². The van der Waals surface area contributed by atoms with Gasteiger partial charge in [-0.2, -0.15) is 0 Å². The van der Waals surface area contributed by atoms with Gasteiger partial charge in [-0.25, -0.2) is 0 Å². The Hall–Kier alpha value is -1.09. The fraction of sp³-hybridized carbons (Fsp3) is 0.545. The number of aromatic nitrogens is 1. The van der Waals surface area contributed by atoms with Crippen molar-refractivity contribution in [1.82, 2.24) is 9.88 Å². The lowest BCUT2D eigenvalue weighted by Crippen LogP contribution is -2.27. The van der Waals surface area contributed by atoms with E-state index in [1.807, 2.05) is 32.9 Å². The van der Waals surface area contributed by atoms with Crippen LogP contribution < -0.4 is 10.9 Å². The number of hydrogen-bond acceptors (Lipinski definition) is 2. The lowest BCUT2D eigenvalue weighted by atomic mass is 10.2. The van der Waals surface area contributed by atoms with Gasteiger partial charge in [0.2, 0.25) is 0 Å². The maximum Gasteiger partial charge on any atom is 0.255 e. The third-order valence-electron chi connectivity index (χ3n) is 2.35. The molecule has 0 amide bonds. The summed E-state index contributed by atoms with van der Waals surface area (Å²) >= 11 is 0. The smallest absolute Gasteiger partial charge is 0.255 e. The van der Waals surface area contributed by atoms with Gasteiger partial charge in [0.15, 0.2) is 0 Å². The summed E-state index contributed by atoms with van der Waals surface area (Å²) in [7, 11) is 0. The average molecular weight is 194 g/mol. The van der Waals surface area contributed by atoms with Crippen LogP contribution in [0.5, 0.6) is 0 Å². The van der Waals surface area contributed by atoms with Crippen molar-refractivity contribution in [2.75, 3.05) is 6.54 Å². The predicted molar refractivity (Wildman–Crippen MR) is 58.5 cm³/mol. The van der Waals surface area contributed by atoms with Gasteiger partial charge in [-0.1, -0.05) is 13.0 Å². The van der Waals surface area contributed by atoms with Crippen molar-refractivity contribution in [2.24, 2.45) is 0 Å². The number of pyridine rings is 1. The Kier molecular flexibility index (Phi) is 3.89. The third-order valence-corrected chi connectivity index (χ3v) is 2.35. The average Bonchev–Trinajstić information content (AvgIpc) is 2.18. The van der Waals surface area contributed by atoms with Gasteiger partial charge in [0.1, 0.15) is 0 Å². The minimum absolute atomic E-state index is 0.133. The van der Waals surface area contributed by atoms with Crippen molar-refractivity contribution in [3.8, 4) is 0 Å². The Bertz CT molecular complexity index is 355. The molecule has 0 bridgehead atoms. The molecule has 78 valence electrons. The predicted octanol–water partition coefficient (Wildman–Crippen LogP) is 1.29. The highest BCUT2D eigenvalue weighted by molar-refractivity contribution is 5.15. The summed E-state index contributed by atoms with van der Waals surface area (Å²) in [6, 6.07) is 3.91. The van der Waals surface area contributed by atoms with Crippen LogP contribution in [-0.4, -0.2) is 11.1 Å². The molecule has 0 saturated heterocycles. The van der Waals surface area contributed by atoms with Crippen LogP contribution in [0.4, 0.5) is 0 Å². The number of hydrogen-bond donors (Lipinski definition) is 1. The molecule has 0 aliphatic heterocycles. The van der Waals surface area contributed by atoms with Crippen LogP contribution in [0.1, 0.15) is 25.1 Å². The maximum atomic E-state index is 11.8. The second-order valence-corrected chi connectivity index (χ2v) is 3.33. The van der Waals surface area contributed by atoms with Crippen LogP contribution in [0.25, 0.3) is 0 Å². The summed E-state index contributed by atoms with van der Waals surface area (Å²) in [4.78, 5) is 11.8. The molecule has 0 spiro atoms. The van der Waals surface area contributed by atoms with Gasteiger partial charge in [0, 0.05) is 24.3 Å². The molecule has 1 aromatic heterocycles. The molecular weight excluding hydrogens is 176 g/mol. The Morgan fingerprint density at radius 1 is 1.36 bits per heavy atom. The van der Waals surface area contributed by atoms with Gasteiger partial charge in [-0.05, 0) is 26.5 Å². The molecule has 0 unspecified atom stereocenters. The molecule has 1 heterocycles. The monoisotopic (exact) mass is 194 g/mol. The van der Waals surface area contributed by atoms with Crippen molar-refractivity contribution in [3.63, 3.8) is 0 Å². The van der Waals surface area contributed by atoms with Gasteiger partial charge < -0.3 is 9.88 Å². The van der Waals surface area contributed by atoms with E-state index in [9.17, 15) is 4.79 Å². The van der Waals surface area contributed by atoms with Crippen LogP contribution in [0.2, 0.25) is 0 Å². The van der Waals surface area contributed by atoms with E-state index in [1.54, 1.807) is 4.57 Å². The standard InChI is InChI=1S/C11H18N2O/c1-4-12-8-10-7-6-9(3)13(5-2)11(10)14/h6-7,12H,4-5,8H2,1-3H3. The van der Waals surface area contributed by atoms with Gasteiger partial charge in [0.05, 0.1) is 0 Å². The Morgan fingerprint density at radius 3 is 2.64 bits per heavy atom. The fourth-order valence-corrected chi connectivity index (χ4v) is 1.50. The zero-order valence-electron chi connectivity index (χ0n) is 9.13. The first-order chi connectivity index (χ1) is 6.70. The minimum Gasteiger partial charge on any atom is -0.313 e. The first kappa shape index (κ1) is 11.0. The van der Waals surface area contributed by atoms with E-state index in [0.29, 0.717) is 6.54 Å². The van der Waals surface area contributed by atoms with Crippen molar-refractivity contribution in [3.05, 3.63) is 33.7 Å². The molecule has 3 nitrogen and oxygen atoms in total. The molecule has 0 aliphatic carbocycles. The highest BCUT2D eigenvalue weighted by Crippen LogP contribution is 1.98. The number of nitrogens with zero attached hydrogens (tertiary/aromatic N) is 1. The molecule has 0 saturated carbocycles. The van der Waals surface area contributed by atoms with Gasteiger partial charge >= 0.3 is 0 Å².